The fourth-order valence-electron chi connectivity index (χ4n) is 3.45. The molecular formula is C16H21Br. The van der Waals surface area contributed by atoms with E-state index in [4.69, 9.17) is 0 Å². The number of hydrogen-bond donors (Lipinski definition) is 0. The Labute approximate surface area is 113 Å². The normalized spacial score (nSPS) is 23.6. The van der Waals surface area contributed by atoms with Gasteiger partial charge < -0.3 is 0 Å². The monoisotopic (exact) mass is 292 g/mol. The Bertz CT molecular complexity index is 445. The van der Waals surface area contributed by atoms with Crippen LogP contribution in [0.1, 0.15) is 44.7 Å². The van der Waals surface area contributed by atoms with Gasteiger partial charge in [-0.25, -0.2) is 0 Å². The maximum Gasteiger partial charge on any atom is 0.0210 e. The minimum atomic E-state index is 0.178. The Morgan fingerprint density at radius 3 is 2.71 bits per heavy atom. The molecule has 1 aromatic rings. The van der Waals surface area contributed by atoms with Gasteiger partial charge in [0, 0.05) is 9.89 Å². The van der Waals surface area contributed by atoms with Crippen LogP contribution in [0.2, 0.25) is 0 Å². The van der Waals surface area contributed by atoms with Gasteiger partial charge in [0.25, 0.3) is 0 Å². The summed E-state index contributed by atoms with van der Waals surface area (Å²) in [6.45, 7) is 11.1. The van der Waals surface area contributed by atoms with Crippen molar-refractivity contribution >= 4 is 15.9 Å². The lowest BCUT2D eigenvalue weighted by atomic mass is 9.60. The molecule has 1 heteroatoms. The fraction of sp³-hybridized carbons (Fsp3) is 0.500. The maximum atomic E-state index is 4.29. The van der Waals surface area contributed by atoms with E-state index in [9.17, 15) is 0 Å². The molecule has 92 valence electrons. The maximum absolute atomic E-state index is 4.29. The van der Waals surface area contributed by atoms with E-state index in [-0.39, 0.29) is 5.41 Å². The molecule has 17 heavy (non-hydrogen) atoms. The van der Waals surface area contributed by atoms with Gasteiger partial charge in [-0.05, 0) is 49.3 Å². The Kier molecular flexibility index (Phi) is 3.49. The van der Waals surface area contributed by atoms with Crippen molar-refractivity contribution in [2.75, 3.05) is 0 Å². The average molecular weight is 293 g/mol. The molecule has 1 aliphatic carbocycles. The summed E-state index contributed by atoms with van der Waals surface area (Å²) in [7, 11) is 0. The standard InChI is InChI=1S/C16H21Br/c1-11(2)16(12(3)4)10-6-7-13-14(16)8-5-9-15(13)17/h5,8-9,12H,1,6-7,10H2,2-4H3. The zero-order chi connectivity index (χ0) is 12.6. The molecule has 1 aliphatic rings. The van der Waals surface area contributed by atoms with Gasteiger partial charge in [0.2, 0.25) is 0 Å². The molecule has 0 radical (unpaired) electrons. The highest BCUT2D eigenvalue weighted by Crippen LogP contribution is 2.48. The smallest absolute Gasteiger partial charge is 0.0210 e. The summed E-state index contributed by atoms with van der Waals surface area (Å²) < 4.78 is 1.26. The van der Waals surface area contributed by atoms with Crippen molar-refractivity contribution in [2.24, 2.45) is 5.92 Å². The Hall–Kier alpha value is -0.560. The SMILES string of the molecule is C=C(C)C1(C(C)C)CCCc2c(Br)cccc21. The number of hydrogen-bond acceptors (Lipinski definition) is 0. The first-order valence-electron chi connectivity index (χ1n) is 6.44. The average Bonchev–Trinajstić information content (AvgIpc) is 2.28. The minimum Gasteiger partial charge on any atom is -0.0992 e. The highest BCUT2D eigenvalue weighted by Gasteiger charge is 2.40. The third-order valence-corrected chi connectivity index (χ3v) is 5.09. The van der Waals surface area contributed by atoms with E-state index < -0.39 is 0 Å². The second kappa shape index (κ2) is 4.61. The van der Waals surface area contributed by atoms with Crippen LogP contribution in [0, 0.1) is 5.92 Å². The van der Waals surface area contributed by atoms with Crippen LogP contribution in [0.15, 0.2) is 34.8 Å². The highest BCUT2D eigenvalue weighted by molar-refractivity contribution is 9.10. The quantitative estimate of drug-likeness (QED) is 0.653. The van der Waals surface area contributed by atoms with Crippen LogP contribution in [0.5, 0.6) is 0 Å². The summed E-state index contributed by atoms with van der Waals surface area (Å²) in [6, 6.07) is 6.62. The summed E-state index contributed by atoms with van der Waals surface area (Å²) in [5.41, 5.74) is 4.49. The van der Waals surface area contributed by atoms with Crippen LogP contribution in [0.25, 0.3) is 0 Å². The first-order chi connectivity index (χ1) is 8.00. The van der Waals surface area contributed by atoms with Gasteiger partial charge in [0.1, 0.15) is 0 Å². The van der Waals surface area contributed by atoms with Crippen molar-refractivity contribution < 1.29 is 0 Å². The number of fused-ring (bicyclic) bond motifs is 1. The van der Waals surface area contributed by atoms with Crippen molar-refractivity contribution in [3.63, 3.8) is 0 Å². The van der Waals surface area contributed by atoms with Gasteiger partial charge in [-0.3, -0.25) is 0 Å². The molecule has 0 nitrogen and oxygen atoms in total. The molecule has 1 unspecified atom stereocenters. The third-order valence-electron chi connectivity index (χ3n) is 4.34. The first-order valence-corrected chi connectivity index (χ1v) is 7.23. The zero-order valence-corrected chi connectivity index (χ0v) is 12.6. The lowest BCUT2D eigenvalue weighted by Crippen LogP contribution is -2.37. The zero-order valence-electron chi connectivity index (χ0n) is 11.0. The van der Waals surface area contributed by atoms with E-state index in [0.29, 0.717) is 5.92 Å². The second-order valence-corrected chi connectivity index (χ2v) is 6.38. The van der Waals surface area contributed by atoms with Gasteiger partial charge in [0.05, 0.1) is 0 Å². The second-order valence-electron chi connectivity index (χ2n) is 5.53. The molecule has 0 amide bonds. The number of allylic oxidation sites excluding steroid dienone is 1. The van der Waals surface area contributed by atoms with Gasteiger partial charge >= 0.3 is 0 Å². The molecule has 1 atom stereocenters. The minimum absolute atomic E-state index is 0.178. The Balaban J connectivity index is 2.67. The largest absolute Gasteiger partial charge is 0.0992 e. The Morgan fingerprint density at radius 1 is 1.41 bits per heavy atom. The van der Waals surface area contributed by atoms with Gasteiger partial charge in [-0.1, -0.05) is 54.1 Å². The van der Waals surface area contributed by atoms with Crippen molar-refractivity contribution in [1.29, 1.82) is 0 Å². The molecule has 0 aromatic heterocycles. The molecule has 0 fully saturated rings. The summed E-state index contributed by atoms with van der Waals surface area (Å²) in [6.07, 6.45) is 3.70. The molecule has 0 saturated carbocycles. The van der Waals surface area contributed by atoms with Crippen molar-refractivity contribution in [3.05, 3.63) is 46.0 Å². The van der Waals surface area contributed by atoms with Crippen LogP contribution in [-0.2, 0) is 11.8 Å². The van der Waals surface area contributed by atoms with Crippen molar-refractivity contribution in [3.8, 4) is 0 Å². The molecule has 1 aromatic carbocycles. The third kappa shape index (κ3) is 1.89. The molecule has 0 bridgehead atoms. The van der Waals surface area contributed by atoms with Crippen LogP contribution in [0.3, 0.4) is 0 Å². The number of halogens is 1. The van der Waals surface area contributed by atoms with Crippen LogP contribution in [0.4, 0.5) is 0 Å². The molecule has 0 spiro atoms. The van der Waals surface area contributed by atoms with E-state index in [1.165, 1.54) is 40.4 Å². The molecular weight excluding hydrogens is 272 g/mol. The van der Waals surface area contributed by atoms with E-state index >= 15 is 0 Å². The highest BCUT2D eigenvalue weighted by atomic mass is 79.9. The van der Waals surface area contributed by atoms with Crippen LogP contribution < -0.4 is 0 Å². The molecule has 2 rings (SSSR count). The van der Waals surface area contributed by atoms with E-state index in [2.05, 4.69) is 61.5 Å². The van der Waals surface area contributed by atoms with Gasteiger partial charge in [-0.15, -0.1) is 0 Å². The predicted molar refractivity (Wildman–Crippen MR) is 78.4 cm³/mol. The molecule has 0 aliphatic heterocycles. The predicted octanol–water partition coefficient (Wildman–Crippen LogP) is 5.26. The van der Waals surface area contributed by atoms with E-state index in [1.807, 2.05) is 0 Å². The van der Waals surface area contributed by atoms with Crippen molar-refractivity contribution in [1.82, 2.24) is 0 Å². The van der Waals surface area contributed by atoms with Gasteiger partial charge in [0.15, 0.2) is 0 Å². The fourth-order valence-corrected chi connectivity index (χ4v) is 4.01. The van der Waals surface area contributed by atoms with E-state index in [1.54, 1.807) is 0 Å². The molecule has 0 N–H and O–H groups in total. The number of rotatable bonds is 2. The van der Waals surface area contributed by atoms with Gasteiger partial charge in [-0.2, -0.15) is 0 Å². The lowest BCUT2D eigenvalue weighted by molar-refractivity contribution is 0.313. The Morgan fingerprint density at radius 2 is 2.12 bits per heavy atom. The van der Waals surface area contributed by atoms with Crippen molar-refractivity contribution in [2.45, 2.75) is 45.4 Å². The summed E-state index contributed by atoms with van der Waals surface area (Å²) in [4.78, 5) is 0. The van der Waals surface area contributed by atoms with Crippen LogP contribution in [-0.4, -0.2) is 0 Å². The molecule has 0 heterocycles. The topological polar surface area (TPSA) is 0 Å². The number of benzene rings is 1. The van der Waals surface area contributed by atoms with Crippen LogP contribution >= 0.6 is 15.9 Å². The molecule has 0 saturated heterocycles. The first kappa shape index (κ1) is 12.9. The summed E-state index contributed by atoms with van der Waals surface area (Å²) in [5, 5.41) is 0. The summed E-state index contributed by atoms with van der Waals surface area (Å²) in [5.74, 6) is 0.605. The lowest BCUT2D eigenvalue weighted by Gasteiger charge is -2.44. The summed E-state index contributed by atoms with van der Waals surface area (Å²) >= 11 is 3.70. The van der Waals surface area contributed by atoms with E-state index in [0.717, 1.165) is 0 Å².